The molecule has 4 rings (SSSR count). The van der Waals surface area contributed by atoms with Crippen LogP contribution in [-0.4, -0.2) is 26.6 Å². The molecule has 1 N–H and O–H groups in total. The van der Waals surface area contributed by atoms with Crippen LogP contribution in [0.1, 0.15) is 17.1 Å². The van der Waals surface area contributed by atoms with Gasteiger partial charge in [-0.1, -0.05) is 42.5 Å². The molecule has 0 fully saturated rings. The lowest BCUT2D eigenvalue weighted by molar-refractivity contribution is -0.402. The second-order valence-electron chi connectivity index (χ2n) is 6.49. The van der Waals surface area contributed by atoms with Crippen LogP contribution in [0.5, 0.6) is 0 Å². The van der Waals surface area contributed by atoms with Crippen molar-refractivity contribution < 1.29 is 14.1 Å². The maximum absolute atomic E-state index is 12.5. The van der Waals surface area contributed by atoms with Crippen molar-refractivity contribution in [3.05, 3.63) is 94.0 Å². The summed E-state index contributed by atoms with van der Waals surface area (Å²) in [5, 5.41) is 14.4. The predicted octanol–water partition coefficient (Wildman–Crippen LogP) is 3.28. The average Bonchev–Trinajstić information content (AvgIpc) is 3.34. The third kappa shape index (κ3) is 4.25. The Morgan fingerprint density at radius 2 is 1.90 bits per heavy atom. The molecule has 0 saturated carbocycles. The molecule has 0 aliphatic heterocycles. The van der Waals surface area contributed by atoms with Crippen LogP contribution >= 0.6 is 0 Å². The maximum Gasteiger partial charge on any atom is 0.433 e. The Bertz CT molecular complexity index is 1230. The summed E-state index contributed by atoms with van der Waals surface area (Å²) in [4.78, 5) is 27.1. The van der Waals surface area contributed by atoms with Gasteiger partial charge in [0.2, 0.25) is 0 Å². The fourth-order valence-electron chi connectivity index (χ4n) is 3.07. The van der Waals surface area contributed by atoms with Crippen LogP contribution in [0.25, 0.3) is 11.0 Å². The fourth-order valence-corrected chi connectivity index (χ4v) is 3.07. The van der Waals surface area contributed by atoms with Gasteiger partial charge in [0.1, 0.15) is 17.3 Å². The van der Waals surface area contributed by atoms with Gasteiger partial charge in [-0.15, -0.1) is 0 Å². The van der Waals surface area contributed by atoms with Crippen molar-refractivity contribution in [1.29, 1.82) is 0 Å². The summed E-state index contributed by atoms with van der Waals surface area (Å²) in [5.41, 5.74) is 5.16. The van der Waals surface area contributed by atoms with E-state index >= 15 is 0 Å². The van der Waals surface area contributed by atoms with Crippen molar-refractivity contribution in [2.45, 2.75) is 13.0 Å². The van der Waals surface area contributed by atoms with E-state index in [1.54, 1.807) is 0 Å². The molecule has 9 nitrogen and oxygen atoms in total. The van der Waals surface area contributed by atoms with E-state index in [2.05, 4.69) is 15.5 Å². The van der Waals surface area contributed by atoms with Crippen LogP contribution in [0.2, 0.25) is 0 Å². The van der Waals surface area contributed by atoms with Crippen LogP contribution < -0.4 is 5.43 Å². The van der Waals surface area contributed by atoms with Gasteiger partial charge in [-0.3, -0.25) is 14.9 Å². The van der Waals surface area contributed by atoms with Crippen LogP contribution in [0.3, 0.4) is 0 Å². The van der Waals surface area contributed by atoms with Crippen LogP contribution in [0, 0.1) is 10.1 Å². The minimum absolute atomic E-state index is 0.0261. The molecule has 0 saturated heterocycles. The Morgan fingerprint density at radius 3 is 2.67 bits per heavy atom. The number of para-hydroxylation sites is 2. The van der Waals surface area contributed by atoms with Gasteiger partial charge in [0.15, 0.2) is 5.76 Å². The molecule has 0 aliphatic carbocycles. The fraction of sp³-hybridized carbons (Fsp3) is 0.0952. The normalized spacial score (nSPS) is 11.2. The smallest absolute Gasteiger partial charge is 0.400 e. The number of carbonyl (C=O) groups excluding carboxylic acids is 1. The standard InChI is InChI=1S/C21H17N5O4/c27-20(24-22-13-16-10-11-21(30-16)26(28)29)14-25-18-9-5-4-8-17(18)23-19(25)12-15-6-2-1-3-7-15/h1-11,13H,12,14H2,(H,24,27). The second kappa shape index (κ2) is 8.39. The zero-order valence-electron chi connectivity index (χ0n) is 15.8. The maximum atomic E-state index is 12.5. The molecule has 2 aromatic carbocycles. The molecule has 0 spiro atoms. The Kier molecular flexibility index (Phi) is 5.33. The number of aromatic nitrogens is 2. The average molecular weight is 403 g/mol. The number of carbonyl (C=O) groups is 1. The van der Waals surface area contributed by atoms with E-state index in [4.69, 9.17) is 4.42 Å². The van der Waals surface area contributed by atoms with Crippen molar-refractivity contribution in [3.8, 4) is 0 Å². The molecule has 1 amide bonds. The number of furan rings is 1. The molecular formula is C21H17N5O4. The molecule has 0 aliphatic rings. The number of amides is 1. The molecule has 0 radical (unpaired) electrons. The zero-order valence-corrected chi connectivity index (χ0v) is 15.8. The highest BCUT2D eigenvalue weighted by Gasteiger charge is 2.14. The van der Waals surface area contributed by atoms with E-state index in [1.807, 2.05) is 59.2 Å². The van der Waals surface area contributed by atoms with Gasteiger partial charge in [-0.2, -0.15) is 5.10 Å². The van der Waals surface area contributed by atoms with Gasteiger partial charge < -0.3 is 8.98 Å². The first-order valence-corrected chi connectivity index (χ1v) is 9.14. The topological polar surface area (TPSA) is 116 Å². The number of nitrogens with zero attached hydrogens (tertiary/aromatic N) is 4. The van der Waals surface area contributed by atoms with Gasteiger partial charge in [0.25, 0.3) is 5.91 Å². The minimum Gasteiger partial charge on any atom is -0.400 e. The molecular weight excluding hydrogens is 386 g/mol. The molecule has 0 atom stereocenters. The first-order valence-electron chi connectivity index (χ1n) is 9.14. The number of rotatable bonds is 7. The Balaban J connectivity index is 1.50. The Hall–Kier alpha value is -4.27. The van der Waals surface area contributed by atoms with Crippen molar-refractivity contribution >= 4 is 29.0 Å². The monoisotopic (exact) mass is 403 g/mol. The summed E-state index contributed by atoms with van der Waals surface area (Å²) in [6.07, 6.45) is 1.80. The molecule has 150 valence electrons. The van der Waals surface area contributed by atoms with Crippen molar-refractivity contribution in [2.75, 3.05) is 0 Å². The predicted molar refractivity (Wildman–Crippen MR) is 110 cm³/mol. The van der Waals surface area contributed by atoms with E-state index in [0.717, 1.165) is 22.4 Å². The van der Waals surface area contributed by atoms with E-state index < -0.39 is 10.8 Å². The lowest BCUT2D eigenvalue weighted by Crippen LogP contribution is -2.24. The van der Waals surface area contributed by atoms with Crippen LogP contribution in [-0.2, 0) is 17.8 Å². The highest BCUT2D eigenvalue weighted by Crippen LogP contribution is 2.18. The molecule has 2 heterocycles. The SMILES string of the molecule is O=C(Cn1c(Cc2ccccc2)nc2ccccc21)NN=Cc1ccc([N+](=O)[O-])o1. The Labute approximate surface area is 170 Å². The first-order chi connectivity index (χ1) is 14.6. The number of benzene rings is 2. The zero-order chi connectivity index (χ0) is 20.9. The molecule has 0 bridgehead atoms. The van der Waals surface area contributed by atoms with Crippen molar-refractivity contribution in [3.63, 3.8) is 0 Å². The lowest BCUT2D eigenvalue weighted by atomic mass is 10.1. The van der Waals surface area contributed by atoms with Crippen molar-refractivity contribution in [1.82, 2.24) is 15.0 Å². The molecule has 30 heavy (non-hydrogen) atoms. The molecule has 9 heteroatoms. The van der Waals surface area contributed by atoms with Gasteiger partial charge in [-0.05, 0) is 23.8 Å². The molecule has 4 aromatic rings. The lowest BCUT2D eigenvalue weighted by Gasteiger charge is -2.08. The Morgan fingerprint density at radius 1 is 1.13 bits per heavy atom. The number of imidazole rings is 1. The van der Waals surface area contributed by atoms with Gasteiger partial charge >= 0.3 is 5.88 Å². The summed E-state index contributed by atoms with van der Waals surface area (Å²) in [7, 11) is 0. The summed E-state index contributed by atoms with van der Waals surface area (Å²) in [6, 6.07) is 20.1. The molecule has 0 unspecified atom stereocenters. The van der Waals surface area contributed by atoms with Crippen LogP contribution in [0.4, 0.5) is 5.88 Å². The number of hydrogen-bond acceptors (Lipinski definition) is 6. The van der Waals surface area contributed by atoms with Gasteiger partial charge in [0.05, 0.1) is 23.3 Å². The van der Waals surface area contributed by atoms with Gasteiger partial charge in [0, 0.05) is 6.42 Å². The summed E-state index contributed by atoms with van der Waals surface area (Å²) in [6.45, 7) is 0.0261. The minimum atomic E-state index is -0.645. The second-order valence-corrected chi connectivity index (χ2v) is 6.49. The number of hydrazone groups is 1. The quantitative estimate of drug-likeness (QED) is 0.289. The summed E-state index contributed by atoms with van der Waals surface area (Å²) in [5.74, 6) is 0.186. The summed E-state index contributed by atoms with van der Waals surface area (Å²) >= 11 is 0. The highest BCUT2D eigenvalue weighted by molar-refractivity contribution is 5.83. The highest BCUT2D eigenvalue weighted by atomic mass is 16.6. The van der Waals surface area contributed by atoms with Gasteiger partial charge in [-0.25, -0.2) is 10.4 Å². The number of hydrogen-bond donors (Lipinski definition) is 1. The largest absolute Gasteiger partial charge is 0.433 e. The van der Waals surface area contributed by atoms with Crippen LogP contribution in [0.15, 0.2) is 76.2 Å². The van der Waals surface area contributed by atoms with E-state index in [-0.39, 0.29) is 18.2 Å². The van der Waals surface area contributed by atoms with E-state index in [0.29, 0.717) is 6.42 Å². The first kappa shape index (κ1) is 19.1. The third-order valence-electron chi connectivity index (χ3n) is 4.41. The number of nitro groups is 1. The third-order valence-corrected chi connectivity index (χ3v) is 4.41. The van der Waals surface area contributed by atoms with E-state index in [9.17, 15) is 14.9 Å². The van der Waals surface area contributed by atoms with Crippen molar-refractivity contribution in [2.24, 2.45) is 5.10 Å². The summed E-state index contributed by atoms with van der Waals surface area (Å²) < 4.78 is 6.81. The molecule has 2 aromatic heterocycles. The number of fused-ring (bicyclic) bond motifs is 1. The van der Waals surface area contributed by atoms with E-state index in [1.165, 1.54) is 18.3 Å². The number of nitrogens with one attached hydrogen (secondary N) is 1.